The van der Waals surface area contributed by atoms with E-state index in [1.807, 2.05) is 0 Å². The van der Waals surface area contributed by atoms with E-state index in [0.29, 0.717) is 20.5 Å². The van der Waals surface area contributed by atoms with Crippen LogP contribution in [0.5, 0.6) is 0 Å². The molecular weight excluding hydrogens is 284 g/mol. The Labute approximate surface area is 119 Å². The molecule has 0 aliphatic carbocycles. The van der Waals surface area contributed by atoms with Crippen molar-refractivity contribution in [3.8, 4) is 0 Å². The number of carbonyl (C=O) groups is 2. The molecule has 1 heterocycles. The average molecular weight is 295 g/mol. The van der Waals surface area contributed by atoms with Gasteiger partial charge >= 0.3 is 0 Å². The number of nitrogens with two attached hydrogens (primary N) is 1. The minimum atomic E-state index is -0.572. The topological polar surface area (TPSA) is 72.2 Å². The maximum atomic E-state index is 12.0. The van der Waals surface area contributed by atoms with Gasteiger partial charge in [0.25, 0.3) is 11.8 Å². The highest BCUT2D eigenvalue weighted by atomic mass is 35.5. The second-order valence-corrected chi connectivity index (χ2v) is 5.63. The second kappa shape index (κ2) is 5.42. The SMILES string of the molecule is Cc1cccc(NC(=O)c2ccc(Cl)s2)c1C(N)=O. The summed E-state index contributed by atoms with van der Waals surface area (Å²) in [6.45, 7) is 1.76. The van der Waals surface area contributed by atoms with Crippen molar-refractivity contribution in [3.63, 3.8) is 0 Å². The number of primary amides is 1. The molecule has 0 unspecified atom stereocenters. The highest BCUT2D eigenvalue weighted by Gasteiger charge is 2.15. The van der Waals surface area contributed by atoms with Gasteiger partial charge in [-0.1, -0.05) is 23.7 Å². The standard InChI is InChI=1S/C13H11ClN2O2S/c1-7-3-2-4-8(11(7)12(15)17)16-13(18)9-5-6-10(14)19-9/h2-6H,1H3,(H2,15,17)(H,16,18). The van der Waals surface area contributed by atoms with Gasteiger partial charge in [-0.05, 0) is 30.7 Å². The highest BCUT2D eigenvalue weighted by Crippen LogP contribution is 2.24. The third-order valence-electron chi connectivity index (χ3n) is 2.56. The summed E-state index contributed by atoms with van der Waals surface area (Å²) < 4.78 is 0.532. The van der Waals surface area contributed by atoms with E-state index in [1.165, 1.54) is 11.3 Å². The molecule has 3 N–H and O–H groups in total. The Balaban J connectivity index is 2.31. The number of rotatable bonds is 3. The molecule has 2 rings (SSSR count). The van der Waals surface area contributed by atoms with E-state index < -0.39 is 5.91 Å². The van der Waals surface area contributed by atoms with Crippen molar-refractivity contribution < 1.29 is 9.59 Å². The zero-order valence-corrected chi connectivity index (χ0v) is 11.6. The first kappa shape index (κ1) is 13.6. The Morgan fingerprint density at radius 3 is 2.58 bits per heavy atom. The molecule has 2 aromatic rings. The van der Waals surface area contributed by atoms with Crippen LogP contribution >= 0.6 is 22.9 Å². The summed E-state index contributed by atoms with van der Waals surface area (Å²) >= 11 is 6.95. The van der Waals surface area contributed by atoms with Crippen LogP contribution in [0.4, 0.5) is 5.69 Å². The summed E-state index contributed by atoms with van der Waals surface area (Å²) in [5.74, 6) is -0.886. The molecule has 1 aromatic carbocycles. The molecule has 0 atom stereocenters. The number of anilines is 1. The first-order valence-electron chi connectivity index (χ1n) is 5.45. The van der Waals surface area contributed by atoms with Gasteiger partial charge in [-0.15, -0.1) is 11.3 Å². The minimum Gasteiger partial charge on any atom is -0.366 e. The molecule has 2 amide bonds. The first-order valence-corrected chi connectivity index (χ1v) is 6.64. The van der Waals surface area contributed by atoms with Gasteiger partial charge in [-0.25, -0.2) is 0 Å². The van der Waals surface area contributed by atoms with Crippen LogP contribution in [0.25, 0.3) is 0 Å². The lowest BCUT2D eigenvalue weighted by molar-refractivity contribution is 0.100. The summed E-state index contributed by atoms with van der Waals surface area (Å²) in [6.07, 6.45) is 0. The molecule has 0 fully saturated rings. The highest BCUT2D eigenvalue weighted by molar-refractivity contribution is 7.18. The van der Waals surface area contributed by atoms with Crippen LogP contribution < -0.4 is 11.1 Å². The summed E-state index contributed by atoms with van der Waals surface area (Å²) in [7, 11) is 0. The van der Waals surface area contributed by atoms with Gasteiger partial charge in [0.15, 0.2) is 0 Å². The van der Waals surface area contributed by atoms with Gasteiger partial charge < -0.3 is 11.1 Å². The van der Waals surface area contributed by atoms with Crippen LogP contribution in [0.3, 0.4) is 0 Å². The fraction of sp³-hybridized carbons (Fsp3) is 0.0769. The summed E-state index contributed by atoms with van der Waals surface area (Å²) in [4.78, 5) is 23.9. The third kappa shape index (κ3) is 2.94. The predicted octanol–water partition coefficient (Wildman–Crippen LogP) is 3.06. The van der Waals surface area contributed by atoms with Crippen molar-refractivity contribution in [3.05, 3.63) is 50.7 Å². The van der Waals surface area contributed by atoms with E-state index in [4.69, 9.17) is 17.3 Å². The maximum absolute atomic E-state index is 12.0. The van der Waals surface area contributed by atoms with Crippen molar-refractivity contribution in [1.29, 1.82) is 0 Å². The van der Waals surface area contributed by atoms with E-state index in [2.05, 4.69) is 5.32 Å². The van der Waals surface area contributed by atoms with E-state index >= 15 is 0 Å². The van der Waals surface area contributed by atoms with E-state index in [1.54, 1.807) is 37.3 Å². The van der Waals surface area contributed by atoms with Gasteiger partial charge in [0.2, 0.25) is 0 Å². The number of hydrogen-bond acceptors (Lipinski definition) is 3. The second-order valence-electron chi connectivity index (χ2n) is 3.92. The first-order chi connectivity index (χ1) is 8.99. The van der Waals surface area contributed by atoms with Crippen LogP contribution in [0.2, 0.25) is 4.34 Å². The number of aryl methyl sites for hydroxylation is 1. The number of halogens is 1. The lowest BCUT2D eigenvalue weighted by Crippen LogP contribution is -2.18. The molecule has 0 aliphatic heterocycles. The number of carbonyl (C=O) groups excluding carboxylic acids is 2. The lowest BCUT2D eigenvalue weighted by atomic mass is 10.1. The Morgan fingerprint density at radius 2 is 2.00 bits per heavy atom. The van der Waals surface area contributed by atoms with Crippen LogP contribution in [-0.2, 0) is 0 Å². The number of thiophene rings is 1. The fourth-order valence-corrected chi connectivity index (χ4v) is 2.66. The molecule has 0 saturated carbocycles. The molecule has 0 radical (unpaired) electrons. The van der Waals surface area contributed by atoms with Crippen molar-refractivity contribution >= 4 is 40.4 Å². The van der Waals surface area contributed by atoms with E-state index in [-0.39, 0.29) is 5.91 Å². The van der Waals surface area contributed by atoms with Gasteiger partial charge in [0.05, 0.1) is 20.5 Å². The molecule has 0 saturated heterocycles. The maximum Gasteiger partial charge on any atom is 0.265 e. The van der Waals surface area contributed by atoms with Gasteiger partial charge in [0.1, 0.15) is 0 Å². The monoisotopic (exact) mass is 294 g/mol. The smallest absolute Gasteiger partial charge is 0.265 e. The zero-order chi connectivity index (χ0) is 14.0. The Hall–Kier alpha value is -1.85. The third-order valence-corrected chi connectivity index (χ3v) is 3.79. The van der Waals surface area contributed by atoms with E-state index in [9.17, 15) is 9.59 Å². The Bertz CT molecular complexity index is 652. The van der Waals surface area contributed by atoms with Gasteiger partial charge in [0, 0.05) is 0 Å². The normalized spacial score (nSPS) is 10.2. The van der Waals surface area contributed by atoms with Crippen LogP contribution in [0.1, 0.15) is 25.6 Å². The van der Waals surface area contributed by atoms with Crippen LogP contribution in [0, 0.1) is 6.92 Å². The van der Waals surface area contributed by atoms with Crippen molar-refractivity contribution in [2.45, 2.75) is 6.92 Å². The number of nitrogens with one attached hydrogen (secondary N) is 1. The number of amides is 2. The average Bonchev–Trinajstić information content (AvgIpc) is 2.75. The van der Waals surface area contributed by atoms with Crippen molar-refractivity contribution in [1.82, 2.24) is 0 Å². The molecule has 0 aliphatic rings. The molecule has 0 spiro atoms. The van der Waals surface area contributed by atoms with Crippen molar-refractivity contribution in [2.24, 2.45) is 5.73 Å². The number of hydrogen-bond donors (Lipinski definition) is 2. The summed E-state index contributed by atoms with van der Waals surface area (Å²) in [5.41, 5.74) is 6.77. The molecule has 4 nitrogen and oxygen atoms in total. The molecule has 0 bridgehead atoms. The largest absolute Gasteiger partial charge is 0.366 e. The fourth-order valence-electron chi connectivity index (χ4n) is 1.72. The van der Waals surface area contributed by atoms with Crippen molar-refractivity contribution in [2.75, 3.05) is 5.32 Å². The molecule has 98 valence electrons. The summed E-state index contributed by atoms with van der Waals surface area (Å²) in [5, 5.41) is 2.67. The lowest BCUT2D eigenvalue weighted by Gasteiger charge is -2.10. The van der Waals surface area contributed by atoms with Crippen LogP contribution in [-0.4, -0.2) is 11.8 Å². The zero-order valence-electron chi connectivity index (χ0n) is 10.1. The molecular formula is C13H11ClN2O2S. The van der Waals surface area contributed by atoms with E-state index in [0.717, 1.165) is 5.56 Å². The van der Waals surface area contributed by atoms with Gasteiger partial charge in [-0.3, -0.25) is 9.59 Å². The Morgan fingerprint density at radius 1 is 1.26 bits per heavy atom. The molecule has 1 aromatic heterocycles. The van der Waals surface area contributed by atoms with Gasteiger partial charge in [-0.2, -0.15) is 0 Å². The molecule has 6 heteroatoms. The number of benzene rings is 1. The summed E-state index contributed by atoms with van der Waals surface area (Å²) in [6, 6.07) is 8.42. The quantitative estimate of drug-likeness (QED) is 0.913. The van der Waals surface area contributed by atoms with Crippen LogP contribution in [0.15, 0.2) is 30.3 Å². The minimum absolute atomic E-state index is 0.315. The molecule has 19 heavy (non-hydrogen) atoms. The Kier molecular flexibility index (Phi) is 3.87. The predicted molar refractivity (Wildman–Crippen MR) is 77.0 cm³/mol.